The van der Waals surface area contributed by atoms with Gasteiger partial charge >= 0.3 is 0 Å². The van der Waals surface area contributed by atoms with Gasteiger partial charge in [0.05, 0.1) is 11.1 Å². The van der Waals surface area contributed by atoms with Crippen molar-refractivity contribution in [1.82, 2.24) is 5.43 Å². The Balaban J connectivity index is 2.52. The number of nitrogens with one attached hydrogen (secondary N) is 1. The molecule has 2 rings (SSSR count). The maximum Gasteiger partial charge on any atom is 0.148 e. The van der Waals surface area contributed by atoms with Crippen LogP contribution in [0.5, 0.6) is 0 Å². The van der Waals surface area contributed by atoms with E-state index in [0.717, 1.165) is 11.1 Å². The van der Waals surface area contributed by atoms with Crippen molar-refractivity contribution in [2.45, 2.75) is 13.0 Å². The van der Waals surface area contributed by atoms with E-state index in [2.05, 4.69) is 21.4 Å². The molecule has 0 fully saturated rings. The molecule has 0 saturated carbocycles. The fourth-order valence-corrected chi connectivity index (χ4v) is 2.59. The summed E-state index contributed by atoms with van der Waals surface area (Å²) in [5.41, 5.74) is 4.67. The highest BCUT2D eigenvalue weighted by atomic mass is 79.9. The predicted molar refractivity (Wildman–Crippen MR) is 84.5 cm³/mol. The molecule has 20 heavy (non-hydrogen) atoms. The molecular formula is C14H12BrCl2FN2. The van der Waals surface area contributed by atoms with Gasteiger partial charge < -0.3 is 0 Å². The molecule has 3 N–H and O–H groups in total. The molecule has 0 aromatic heterocycles. The number of hydrazine groups is 1. The molecule has 106 valence electrons. The summed E-state index contributed by atoms with van der Waals surface area (Å²) >= 11 is 15.2. The van der Waals surface area contributed by atoms with Crippen molar-refractivity contribution in [2.75, 3.05) is 0 Å². The monoisotopic (exact) mass is 376 g/mol. The number of hydrogen-bond acceptors (Lipinski definition) is 2. The van der Waals surface area contributed by atoms with Crippen LogP contribution in [0.2, 0.25) is 10.0 Å². The number of aryl methyl sites for hydroxylation is 1. The van der Waals surface area contributed by atoms with Gasteiger partial charge in [-0.1, -0.05) is 41.4 Å². The molecule has 0 heterocycles. The van der Waals surface area contributed by atoms with E-state index in [9.17, 15) is 4.39 Å². The van der Waals surface area contributed by atoms with Crippen LogP contribution in [0.1, 0.15) is 22.7 Å². The largest absolute Gasteiger partial charge is 0.271 e. The number of hydrogen-bond donors (Lipinski definition) is 2. The molecule has 0 amide bonds. The first-order valence-electron chi connectivity index (χ1n) is 5.81. The van der Waals surface area contributed by atoms with Gasteiger partial charge in [-0.2, -0.15) is 0 Å². The average molecular weight is 378 g/mol. The summed E-state index contributed by atoms with van der Waals surface area (Å²) in [5, 5.41) is 0.632. The molecule has 2 nitrogen and oxygen atoms in total. The number of rotatable bonds is 3. The Morgan fingerprint density at radius 3 is 2.55 bits per heavy atom. The lowest BCUT2D eigenvalue weighted by atomic mass is 9.98. The molecule has 0 bridgehead atoms. The first-order chi connectivity index (χ1) is 9.45. The third kappa shape index (κ3) is 3.00. The summed E-state index contributed by atoms with van der Waals surface area (Å²) in [6.45, 7) is 1.90. The molecule has 1 atom stereocenters. The normalized spacial score (nSPS) is 12.5. The van der Waals surface area contributed by atoms with E-state index in [-0.39, 0.29) is 5.02 Å². The minimum atomic E-state index is -0.529. The van der Waals surface area contributed by atoms with Crippen molar-refractivity contribution in [3.8, 4) is 0 Å². The highest BCUT2D eigenvalue weighted by molar-refractivity contribution is 9.10. The summed E-state index contributed by atoms with van der Waals surface area (Å²) in [7, 11) is 0. The van der Waals surface area contributed by atoms with Crippen LogP contribution >= 0.6 is 39.1 Å². The second-order valence-electron chi connectivity index (χ2n) is 4.37. The first kappa shape index (κ1) is 15.7. The summed E-state index contributed by atoms with van der Waals surface area (Å²) in [6.07, 6.45) is 0. The van der Waals surface area contributed by atoms with Gasteiger partial charge in [0.1, 0.15) is 5.82 Å². The van der Waals surface area contributed by atoms with Crippen LogP contribution in [0.3, 0.4) is 0 Å². The zero-order valence-corrected chi connectivity index (χ0v) is 13.7. The van der Waals surface area contributed by atoms with Gasteiger partial charge in [0.2, 0.25) is 0 Å². The lowest BCUT2D eigenvalue weighted by Crippen LogP contribution is -2.29. The van der Waals surface area contributed by atoms with Gasteiger partial charge in [-0.25, -0.2) is 9.82 Å². The second-order valence-corrected chi connectivity index (χ2v) is 6.01. The zero-order chi connectivity index (χ0) is 14.9. The van der Waals surface area contributed by atoms with Crippen LogP contribution in [0.15, 0.2) is 34.8 Å². The standard InChI is InChI=1S/C14H12BrCl2FN2/c1-7-2-3-8(6-11(7)16)14(20-19)9-4-5-10(15)12(17)13(9)18/h2-6,14,20H,19H2,1H3. The van der Waals surface area contributed by atoms with Gasteiger partial charge in [-0.3, -0.25) is 5.84 Å². The van der Waals surface area contributed by atoms with E-state index in [1.165, 1.54) is 0 Å². The van der Waals surface area contributed by atoms with Gasteiger partial charge in [0.25, 0.3) is 0 Å². The SMILES string of the molecule is Cc1ccc(C(NN)c2ccc(Br)c(Cl)c2F)cc1Cl. The number of nitrogens with two attached hydrogens (primary N) is 1. The van der Waals surface area contributed by atoms with E-state index in [4.69, 9.17) is 29.0 Å². The third-order valence-electron chi connectivity index (χ3n) is 3.07. The van der Waals surface area contributed by atoms with Crippen LogP contribution in [0.4, 0.5) is 4.39 Å². The Morgan fingerprint density at radius 2 is 1.95 bits per heavy atom. The number of halogens is 4. The van der Waals surface area contributed by atoms with E-state index in [1.807, 2.05) is 19.1 Å². The molecule has 2 aromatic carbocycles. The molecule has 0 aliphatic heterocycles. The van der Waals surface area contributed by atoms with Crippen LogP contribution in [0, 0.1) is 12.7 Å². The van der Waals surface area contributed by atoms with Crippen molar-refractivity contribution >= 4 is 39.1 Å². The Hall–Kier alpha value is -0.650. The summed E-state index contributed by atoms with van der Waals surface area (Å²) in [6, 6.07) is 8.25. The van der Waals surface area contributed by atoms with Crippen molar-refractivity contribution in [3.63, 3.8) is 0 Å². The van der Waals surface area contributed by atoms with Crippen molar-refractivity contribution in [2.24, 2.45) is 5.84 Å². The molecular weight excluding hydrogens is 366 g/mol. The van der Waals surface area contributed by atoms with Crippen LogP contribution < -0.4 is 11.3 Å². The zero-order valence-electron chi connectivity index (χ0n) is 10.6. The van der Waals surface area contributed by atoms with Gasteiger partial charge in [-0.15, -0.1) is 0 Å². The Kier molecular flexibility index (Phi) is 5.04. The Morgan fingerprint density at radius 1 is 1.25 bits per heavy atom. The third-order valence-corrected chi connectivity index (χ3v) is 4.74. The maximum atomic E-state index is 14.3. The van der Waals surface area contributed by atoms with E-state index in [0.29, 0.717) is 15.1 Å². The molecule has 0 aliphatic carbocycles. The average Bonchev–Trinajstić information content (AvgIpc) is 2.43. The quantitative estimate of drug-likeness (QED) is 0.460. The molecule has 6 heteroatoms. The highest BCUT2D eigenvalue weighted by Gasteiger charge is 2.20. The van der Waals surface area contributed by atoms with Crippen LogP contribution in [-0.2, 0) is 0 Å². The lowest BCUT2D eigenvalue weighted by molar-refractivity contribution is 0.560. The smallest absolute Gasteiger partial charge is 0.148 e. The Labute approximate surface area is 135 Å². The van der Waals surface area contributed by atoms with Crippen LogP contribution in [0.25, 0.3) is 0 Å². The minimum Gasteiger partial charge on any atom is -0.271 e. The Bertz CT molecular complexity index is 649. The van der Waals surface area contributed by atoms with Crippen molar-refractivity contribution in [3.05, 3.63) is 67.4 Å². The lowest BCUT2D eigenvalue weighted by Gasteiger charge is -2.19. The van der Waals surface area contributed by atoms with Gasteiger partial charge in [0, 0.05) is 15.1 Å². The fourth-order valence-electron chi connectivity index (χ4n) is 1.92. The summed E-state index contributed by atoms with van der Waals surface area (Å²) in [4.78, 5) is 0. The van der Waals surface area contributed by atoms with Gasteiger partial charge in [0.15, 0.2) is 0 Å². The minimum absolute atomic E-state index is 0.0287. The predicted octanol–water partition coefficient (Wildman–Crippen LogP) is 4.76. The topological polar surface area (TPSA) is 38.0 Å². The van der Waals surface area contributed by atoms with Crippen molar-refractivity contribution in [1.29, 1.82) is 0 Å². The highest BCUT2D eigenvalue weighted by Crippen LogP contribution is 2.33. The maximum absolute atomic E-state index is 14.3. The van der Waals surface area contributed by atoms with Crippen molar-refractivity contribution < 1.29 is 4.39 Å². The van der Waals surface area contributed by atoms with E-state index in [1.54, 1.807) is 18.2 Å². The molecule has 0 radical (unpaired) electrons. The molecule has 1 unspecified atom stereocenters. The summed E-state index contributed by atoms with van der Waals surface area (Å²) in [5.74, 6) is 5.05. The molecule has 2 aromatic rings. The van der Waals surface area contributed by atoms with Gasteiger partial charge in [-0.05, 0) is 46.1 Å². The van der Waals surface area contributed by atoms with E-state index >= 15 is 0 Å². The second kappa shape index (κ2) is 6.41. The van der Waals surface area contributed by atoms with E-state index < -0.39 is 11.9 Å². The first-order valence-corrected chi connectivity index (χ1v) is 7.36. The molecule has 0 saturated heterocycles. The fraction of sp³-hybridized carbons (Fsp3) is 0.143. The molecule has 0 spiro atoms. The molecule has 0 aliphatic rings. The number of benzene rings is 2. The van der Waals surface area contributed by atoms with Crippen LogP contribution in [-0.4, -0.2) is 0 Å². The summed E-state index contributed by atoms with van der Waals surface area (Å²) < 4.78 is 14.8.